The zero-order valence-corrected chi connectivity index (χ0v) is 17.1. The third kappa shape index (κ3) is 3.85. The van der Waals surface area contributed by atoms with Gasteiger partial charge in [0.15, 0.2) is 10.9 Å². The summed E-state index contributed by atoms with van der Waals surface area (Å²) in [5.41, 5.74) is 3.70. The average molecular weight is 396 g/mol. The van der Waals surface area contributed by atoms with Crippen LogP contribution in [-0.4, -0.2) is 44.4 Å². The monoisotopic (exact) mass is 395 g/mol. The summed E-state index contributed by atoms with van der Waals surface area (Å²) in [7, 11) is 0. The van der Waals surface area contributed by atoms with E-state index in [-0.39, 0.29) is 5.78 Å². The van der Waals surface area contributed by atoms with E-state index in [1.54, 1.807) is 0 Å². The number of nitrogens with one attached hydrogen (secondary N) is 1. The van der Waals surface area contributed by atoms with E-state index in [9.17, 15) is 4.79 Å². The maximum atomic E-state index is 12.7. The van der Waals surface area contributed by atoms with E-state index in [2.05, 4.69) is 36.8 Å². The van der Waals surface area contributed by atoms with Crippen molar-refractivity contribution in [1.82, 2.24) is 19.7 Å². The molecule has 0 spiro atoms. The van der Waals surface area contributed by atoms with Gasteiger partial charge in [-0.1, -0.05) is 30.0 Å². The number of carbonyl (C=O) groups is 1. The van der Waals surface area contributed by atoms with E-state index >= 15 is 0 Å². The lowest BCUT2D eigenvalue weighted by Gasteiger charge is -2.27. The molecule has 0 atom stereocenters. The van der Waals surface area contributed by atoms with Crippen LogP contribution >= 0.6 is 11.8 Å². The molecule has 3 aromatic rings. The number of benzene rings is 1. The van der Waals surface area contributed by atoms with Crippen LogP contribution in [0.3, 0.4) is 0 Å². The molecule has 146 valence electrons. The quantitative estimate of drug-likeness (QED) is 0.501. The van der Waals surface area contributed by atoms with E-state index in [1.807, 2.05) is 38.1 Å². The highest BCUT2D eigenvalue weighted by molar-refractivity contribution is 7.99. The predicted octanol–water partition coefficient (Wildman–Crippen LogP) is 4.18. The standard InChI is InChI=1S/C21H25N5OS/c1-15-13-18(16(2)22-15)19(27)14-28-21-24-23-20(25-11-7-4-8-12-25)26(21)17-9-5-3-6-10-17/h3,5-6,9-10,13,22H,4,7-8,11-12,14H2,1-2H3. The second kappa shape index (κ2) is 8.22. The zero-order chi connectivity index (χ0) is 19.5. The van der Waals surface area contributed by atoms with Crippen LogP contribution in [0.25, 0.3) is 5.69 Å². The fourth-order valence-electron chi connectivity index (χ4n) is 3.68. The van der Waals surface area contributed by atoms with Gasteiger partial charge in [-0.3, -0.25) is 9.36 Å². The second-order valence-corrected chi connectivity index (χ2v) is 8.15. The van der Waals surface area contributed by atoms with Crippen molar-refractivity contribution in [3.05, 3.63) is 53.3 Å². The molecule has 3 heterocycles. The number of ketones is 1. The van der Waals surface area contributed by atoms with Crippen LogP contribution in [0.1, 0.15) is 41.0 Å². The Hall–Kier alpha value is -2.54. The molecule has 6 nitrogen and oxygen atoms in total. The molecule has 28 heavy (non-hydrogen) atoms. The first kappa shape index (κ1) is 18.8. The molecule has 1 fully saturated rings. The largest absolute Gasteiger partial charge is 0.362 e. The first-order valence-corrected chi connectivity index (χ1v) is 10.7. The van der Waals surface area contributed by atoms with Crippen LogP contribution in [0.2, 0.25) is 0 Å². The van der Waals surface area contributed by atoms with Crippen LogP contribution in [0.15, 0.2) is 41.6 Å². The molecule has 0 aliphatic carbocycles. The lowest BCUT2D eigenvalue weighted by molar-refractivity contribution is 0.102. The number of carbonyl (C=O) groups excluding carboxylic acids is 1. The molecule has 4 rings (SSSR count). The van der Waals surface area contributed by atoms with Crippen molar-refractivity contribution in [2.24, 2.45) is 0 Å². The van der Waals surface area contributed by atoms with Crippen LogP contribution in [0.5, 0.6) is 0 Å². The van der Waals surface area contributed by atoms with Gasteiger partial charge in [-0.15, -0.1) is 10.2 Å². The first-order chi connectivity index (χ1) is 13.6. The minimum Gasteiger partial charge on any atom is -0.362 e. The molecule has 2 aromatic heterocycles. The number of thioether (sulfide) groups is 1. The summed E-state index contributed by atoms with van der Waals surface area (Å²) in [6.07, 6.45) is 3.62. The molecule has 0 unspecified atom stereocenters. The summed E-state index contributed by atoms with van der Waals surface area (Å²) >= 11 is 1.45. The number of aromatic amines is 1. The van der Waals surface area contributed by atoms with Crippen LogP contribution in [0, 0.1) is 13.8 Å². The molecule has 1 aliphatic heterocycles. The third-order valence-corrected chi connectivity index (χ3v) is 5.98. The molecule has 1 N–H and O–H groups in total. The van der Waals surface area contributed by atoms with Gasteiger partial charge in [-0.2, -0.15) is 0 Å². The molecule has 1 saturated heterocycles. The molecule has 0 amide bonds. The van der Waals surface area contributed by atoms with Crippen molar-refractivity contribution < 1.29 is 4.79 Å². The Morgan fingerprint density at radius 3 is 2.54 bits per heavy atom. The highest BCUT2D eigenvalue weighted by Crippen LogP contribution is 2.29. The summed E-state index contributed by atoms with van der Waals surface area (Å²) in [4.78, 5) is 18.2. The van der Waals surface area contributed by atoms with Crippen molar-refractivity contribution in [2.75, 3.05) is 23.7 Å². The topological polar surface area (TPSA) is 66.8 Å². The SMILES string of the molecule is Cc1cc(C(=O)CSc2nnc(N3CCCCC3)n2-c2ccccc2)c(C)[nH]1. The van der Waals surface area contributed by atoms with Crippen LogP contribution < -0.4 is 4.90 Å². The van der Waals surface area contributed by atoms with Crippen molar-refractivity contribution >= 4 is 23.5 Å². The first-order valence-electron chi connectivity index (χ1n) is 9.71. The van der Waals surface area contributed by atoms with Gasteiger partial charge < -0.3 is 9.88 Å². The number of nitrogens with zero attached hydrogens (tertiary/aromatic N) is 4. The van der Waals surface area contributed by atoms with Crippen LogP contribution in [-0.2, 0) is 0 Å². The van der Waals surface area contributed by atoms with E-state index in [4.69, 9.17) is 0 Å². The molecule has 1 aromatic carbocycles. The summed E-state index contributed by atoms with van der Waals surface area (Å²) in [5.74, 6) is 1.31. The average Bonchev–Trinajstić information content (AvgIpc) is 3.30. The minimum absolute atomic E-state index is 0.106. The molecular weight excluding hydrogens is 370 g/mol. The fraction of sp³-hybridized carbons (Fsp3) is 0.381. The van der Waals surface area contributed by atoms with Gasteiger partial charge in [0.25, 0.3) is 0 Å². The van der Waals surface area contributed by atoms with Crippen molar-refractivity contribution in [2.45, 2.75) is 38.3 Å². The normalized spacial score (nSPS) is 14.4. The van der Waals surface area contributed by atoms with Gasteiger partial charge in [-0.25, -0.2) is 0 Å². The highest BCUT2D eigenvalue weighted by Gasteiger charge is 2.22. The van der Waals surface area contributed by atoms with Gasteiger partial charge in [-0.05, 0) is 51.3 Å². The van der Waals surface area contributed by atoms with Gasteiger partial charge in [0.2, 0.25) is 5.95 Å². The molecule has 7 heteroatoms. The number of aromatic nitrogens is 4. The highest BCUT2D eigenvalue weighted by atomic mass is 32.2. The van der Waals surface area contributed by atoms with Gasteiger partial charge in [0.05, 0.1) is 11.4 Å². The number of piperidine rings is 1. The Bertz CT molecular complexity index is 957. The predicted molar refractivity (Wildman–Crippen MR) is 113 cm³/mol. The van der Waals surface area contributed by atoms with E-state index in [1.165, 1.54) is 31.0 Å². The number of H-pyrrole nitrogens is 1. The number of rotatable bonds is 6. The smallest absolute Gasteiger partial charge is 0.232 e. The summed E-state index contributed by atoms with van der Waals surface area (Å²) in [6, 6.07) is 12.1. The second-order valence-electron chi connectivity index (χ2n) is 7.20. The van der Waals surface area contributed by atoms with Crippen molar-refractivity contribution in [3.63, 3.8) is 0 Å². The number of para-hydroxylation sites is 1. The summed E-state index contributed by atoms with van der Waals surface area (Å²) in [6.45, 7) is 5.90. The summed E-state index contributed by atoms with van der Waals surface area (Å²) < 4.78 is 2.08. The Morgan fingerprint density at radius 2 is 1.86 bits per heavy atom. The Balaban J connectivity index is 1.60. The Labute approximate surface area is 169 Å². The third-order valence-electron chi connectivity index (χ3n) is 5.05. The summed E-state index contributed by atoms with van der Waals surface area (Å²) in [5, 5.41) is 9.68. The maximum Gasteiger partial charge on any atom is 0.232 e. The van der Waals surface area contributed by atoms with Gasteiger partial charge in [0.1, 0.15) is 0 Å². The molecular formula is C21H25N5OS. The Morgan fingerprint density at radius 1 is 1.11 bits per heavy atom. The van der Waals surface area contributed by atoms with Crippen LogP contribution in [0.4, 0.5) is 5.95 Å². The minimum atomic E-state index is 0.106. The van der Waals surface area contributed by atoms with E-state index in [0.717, 1.165) is 46.8 Å². The maximum absolute atomic E-state index is 12.7. The molecule has 1 aliphatic rings. The van der Waals surface area contributed by atoms with Crippen molar-refractivity contribution in [3.8, 4) is 5.69 Å². The van der Waals surface area contributed by atoms with Crippen molar-refractivity contribution in [1.29, 1.82) is 0 Å². The lowest BCUT2D eigenvalue weighted by Crippen LogP contribution is -2.31. The molecule has 0 bridgehead atoms. The molecule has 0 saturated carbocycles. The van der Waals surface area contributed by atoms with Gasteiger partial charge >= 0.3 is 0 Å². The number of aryl methyl sites for hydroxylation is 2. The zero-order valence-electron chi connectivity index (χ0n) is 16.3. The fourth-order valence-corrected chi connectivity index (χ4v) is 4.51. The number of hydrogen-bond acceptors (Lipinski definition) is 5. The Kier molecular flexibility index (Phi) is 5.52. The van der Waals surface area contributed by atoms with E-state index < -0.39 is 0 Å². The molecule has 0 radical (unpaired) electrons. The van der Waals surface area contributed by atoms with E-state index in [0.29, 0.717) is 5.75 Å². The number of anilines is 1. The van der Waals surface area contributed by atoms with Gasteiger partial charge in [0, 0.05) is 30.0 Å². The number of Topliss-reactive ketones (excluding diaryl/α,β-unsaturated/α-hetero) is 1. The lowest BCUT2D eigenvalue weighted by atomic mass is 10.1. The number of hydrogen-bond donors (Lipinski definition) is 1.